The molecule has 2 rings (SSSR count). The van der Waals surface area contributed by atoms with Crippen molar-refractivity contribution in [1.82, 2.24) is 5.32 Å². The molecule has 15 heavy (non-hydrogen) atoms. The van der Waals surface area contributed by atoms with Gasteiger partial charge in [-0.2, -0.15) is 0 Å². The monoisotopic (exact) mass is 208 g/mol. The maximum atomic E-state index is 13.1. The van der Waals surface area contributed by atoms with Gasteiger partial charge in [0.25, 0.3) is 0 Å². The van der Waals surface area contributed by atoms with E-state index < -0.39 is 0 Å². The number of methoxy groups -OCH3 is 1. The van der Waals surface area contributed by atoms with Gasteiger partial charge in [-0.15, -0.1) is 0 Å². The summed E-state index contributed by atoms with van der Waals surface area (Å²) in [6.07, 6.45) is 0. The van der Waals surface area contributed by atoms with Gasteiger partial charge in [0.1, 0.15) is 5.84 Å². The third-order valence-corrected chi connectivity index (χ3v) is 2.33. The largest absolute Gasteiger partial charge is 0.494 e. The average Bonchev–Trinajstić information content (AvgIpc) is 2.66. The van der Waals surface area contributed by atoms with Crippen LogP contribution in [0.3, 0.4) is 0 Å². The molecule has 0 aliphatic carbocycles. The van der Waals surface area contributed by atoms with Crippen LogP contribution in [0.5, 0.6) is 5.75 Å². The molecular weight excluding hydrogens is 195 g/mol. The number of benzene rings is 1. The van der Waals surface area contributed by atoms with E-state index in [1.165, 1.54) is 13.2 Å². The van der Waals surface area contributed by atoms with Gasteiger partial charge in [0, 0.05) is 11.6 Å². The van der Waals surface area contributed by atoms with E-state index in [0.29, 0.717) is 6.04 Å². The number of nitrogens with zero attached hydrogens (tertiary/aromatic N) is 1. The Morgan fingerprint density at radius 3 is 2.93 bits per heavy atom. The minimum absolute atomic E-state index is 0.247. The fourth-order valence-electron chi connectivity index (χ4n) is 1.53. The normalized spacial score (nSPS) is 19.7. The molecule has 1 aromatic rings. The van der Waals surface area contributed by atoms with Crippen LogP contribution >= 0.6 is 0 Å². The van der Waals surface area contributed by atoms with Crippen LogP contribution in [0, 0.1) is 5.82 Å². The molecule has 1 atom stereocenters. The zero-order valence-corrected chi connectivity index (χ0v) is 8.75. The maximum Gasteiger partial charge on any atom is 0.165 e. The molecule has 1 unspecified atom stereocenters. The highest BCUT2D eigenvalue weighted by molar-refractivity contribution is 6.00. The average molecular weight is 208 g/mol. The van der Waals surface area contributed by atoms with E-state index in [-0.39, 0.29) is 11.6 Å². The van der Waals surface area contributed by atoms with Crippen LogP contribution in [0.25, 0.3) is 0 Å². The Morgan fingerprint density at radius 1 is 1.53 bits per heavy atom. The zero-order chi connectivity index (χ0) is 10.8. The van der Waals surface area contributed by atoms with Crippen molar-refractivity contribution in [1.29, 1.82) is 0 Å². The van der Waals surface area contributed by atoms with Gasteiger partial charge >= 0.3 is 0 Å². The molecule has 80 valence electrons. The summed E-state index contributed by atoms with van der Waals surface area (Å²) >= 11 is 0. The first kappa shape index (κ1) is 9.96. The van der Waals surface area contributed by atoms with Crippen LogP contribution in [0.2, 0.25) is 0 Å². The molecule has 1 aromatic carbocycles. The molecule has 0 bridgehead atoms. The number of aliphatic imine (C=N–C) groups is 1. The highest BCUT2D eigenvalue weighted by atomic mass is 19.1. The van der Waals surface area contributed by atoms with Crippen LogP contribution in [-0.4, -0.2) is 25.5 Å². The van der Waals surface area contributed by atoms with Crippen LogP contribution in [0.1, 0.15) is 12.5 Å². The lowest BCUT2D eigenvalue weighted by Crippen LogP contribution is -2.27. The predicted molar refractivity (Wildman–Crippen MR) is 57.0 cm³/mol. The van der Waals surface area contributed by atoms with Crippen molar-refractivity contribution < 1.29 is 9.13 Å². The second-order valence-corrected chi connectivity index (χ2v) is 3.58. The lowest BCUT2D eigenvalue weighted by molar-refractivity contribution is 0.386. The van der Waals surface area contributed by atoms with Gasteiger partial charge in [-0.1, -0.05) is 0 Å². The van der Waals surface area contributed by atoms with Gasteiger partial charge in [-0.25, -0.2) is 4.39 Å². The smallest absolute Gasteiger partial charge is 0.165 e. The maximum absolute atomic E-state index is 13.1. The van der Waals surface area contributed by atoms with Crippen molar-refractivity contribution in [2.75, 3.05) is 13.7 Å². The molecule has 1 heterocycles. The minimum atomic E-state index is -0.354. The third kappa shape index (κ3) is 1.93. The quantitative estimate of drug-likeness (QED) is 0.800. The van der Waals surface area contributed by atoms with E-state index in [1.807, 2.05) is 0 Å². The van der Waals surface area contributed by atoms with Crippen LogP contribution < -0.4 is 10.1 Å². The highest BCUT2D eigenvalue weighted by Gasteiger charge is 2.15. The molecule has 1 aliphatic rings. The number of amidine groups is 1. The van der Waals surface area contributed by atoms with Crippen molar-refractivity contribution in [2.45, 2.75) is 13.0 Å². The van der Waals surface area contributed by atoms with Gasteiger partial charge in [0.2, 0.25) is 0 Å². The van der Waals surface area contributed by atoms with Crippen molar-refractivity contribution in [3.63, 3.8) is 0 Å². The molecule has 0 fully saturated rings. The summed E-state index contributed by atoms with van der Waals surface area (Å²) in [7, 11) is 1.45. The molecule has 1 aliphatic heterocycles. The summed E-state index contributed by atoms with van der Waals surface area (Å²) in [5.74, 6) is 0.699. The molecule has 0 aromatic heterocycles. The van der Waals surface area contributed by atoms with Crippen LogP contribution in [-0.2, 0) is 0 Å². The number of hydrogen-bond donors (Lipinski definition) is 1. The Bertz CT molecular complexity index is 404. The van der Waals surface area contributed by atoms with Crippen LogP contribution in [0.4, 0.5) is 4.39 Å². The molecule has 0 saturated heterocycles. The Labute approximate surface area is 88.0 Å². The zero-order valence-electron chi connectivity index (χ0n) is 8.75. The van der Waals surface area contributed by atoms with Crippen molar-refractivity contribution >= 4 is 5.84 Å². The Hall–Kier alpha value is -1.58. The number of hydrogen-bond acceptors (Lipinski definition) is 3. The van der Waals surface area contributed by atoms with Crippen molar-refractivity contribution in [2.24, 2.45) is 4.99 Å². The SMILES string of the molecule is COc1cc(C2=NCC(C)N2)ccc1F. The van der Waals surface area contributed by atoms with Crippen molar-refractivity contribution in [3.05, 3.63) is 29.6 Å². The Kier molecular flexibility index (Phi) is 2.58. The summed E-state index contributed by atoms with van der Waals surface area (Å²) < 4.78 is 18.1. The van der Waals surface area contributed by atoms with E-state index in [4.69, 9.17) is 4.74 Å². The molecular formula is C11H13FN2O. The summed E-state index contributed by atoms with van der Waals surface area (Å²) in [6, 6.07) is 5.08. The first-order valence-electron chi connectivity index (χ1n) is 4.85. The molecule has 1 N–H and O–H groups in total. The van der Waals surface area contributed by atoms with E-state index in [2.05, 4.69) is 17.2 Å². The number of ether oxygens (including phenoxy) is 1. The van der Waals surface area contributed by atoms with Gasteiger partial charge in [0.05, 0.1) is 13.7 Å². The summed E-state index contributed by atoms with van der Waals surface area (Å²) in [5, 5.41) is 3.21. The molecule has 4 heteroatoms. The molecule has 3 nitrogen and oxygen atoms in total. The minimum Gasteiger partial charge on any atom is -0.494 e. The second kappa shape index (κ2) is 3.88. The van der Waals surface area contributed by atoms with Crippen molar-refractivity contribution in [3.8, 4) is 5.75 Å². The lowest BCUT2D eigenvalue weighted by Gasteiger charge is -2.08. The van der Waals surface area contributed by atoms with Gasteiger partial charge in [-0.3, -0.25) is 4.99 Å². The topological polar surface area (TPSA) is 33.6 Å². The fourth-order valence-corrected chi connectivity index (χ4v) is 1.53. The summed E-state index contributed by atoms with van der Waals surface area (Å²) in [6.45, 7) is 2.81. The second-order valence-electron chi connectivity index (χ2n) is 3.58. The van der Waals surface area contributed by atoms with E-state index in [0.717, 1.165) is 17.9 Å². The van der Waals surface area contributed by atoms with Gasteiger partial charge < -0.3 is 10.1 Å². The molecule has 0 amide bonds. The molecule has 0 radical (unpaired) electrons. The standard InChI is InChI=1S/C11H13FN2O/c1-7-6-13-11(14-7)8-3-4-9(12)10(5-8)15-2/h3-5,7H,6H2,1-2H3,(H,13,14). The predicted octanol–water partition coefficient (Wildman–Crippen LogP) is 1.57. The lowest BCUT2D eigenvalue weighted by atomic mass is 10.2. The molecule has 0 spiro atoms. The first-order chi connectivity index (χ1) is 7.20. The summed E-state index contributed by atoms with van der Waals surface area (Å²) in [5.41, 5.74) is 0.859. The van der Waals surface area contributed by atoms with E-state index in [9.17, 15) is 4.39 Å². The highest BCUT2D eigenvalue weighted by Crippen LogP contribution is 2.19. The third-order valence-electron chi connectivity index (χ3n) is 2.33. The van der Waals surface area contributed by atoms with Crippen LogP contribution in [0.15, 0.2) is 23.2 Å². The number of nitrogens with one attached hydrogen (secondary N) is 1. The fraction of sp³-hybridized carbons (Fsp3) is 0.364. The first-order valence-corrected chi connectivity index (χ1v) is 4.85. The Balaban J connectivity index is 2.30. The van der Waals surface area contributed by atoms with E-state index in [1.54, 1.807) is 12.1 Å². The molecule has 0 saturated carbocycles. The van der Waals surface area contributed by atoms with Gasteiger partial charge in [0.15, 0.2) is 11.6 Å². The van der Waals surface area contributed by atoms with E-state index >= 15 is 0 Å². The number of halogens is 1. The summed E-state index contributed by atoms with van der Waals surface area (Å²) in [4.78, 5) is 4.32. The Morgan fingerprint density at radius 2 is 2.33 bits per heavy atom. The number of rotatable bonds is 2. The van der Waals surface area contributed by atoms with Gasteiger partial charge in [-0.05, 0) is 25.1 Å².